The van der Waals surface area contributed by atoms with Crippen LogP contribution < -0.4 is 9.47 Å². The maximum absolute atomic E-state index is 11.8. The topological polar surface area (TPSA) is 112 Å². The van der Waals surface area contributed by atoms with Gasteiger partial charge in [-0.1, -0.05) is 24.3 Å². The number of carbonyl (C=O) groups excluding carboxylic acids is 2. The first-order valence-corrected chi connectivity index (χ1v) is 11.0. The molecular formula is C26H30O8. The lowest BCUT2D eigenvalue weighted by atomic mass is 10.2. The minimum absolute atomic E-state index is 0.0495. The van der Waals surface area contributed by atoms with Crippen LogP contribution in [0, 0.1) is 0 Å². The fourth-order valence-corrected chi connectivity index (χ4v) is 2.65. The van der Waals surface area contributed by atoms with E-state index in [0.29, 0.717) is 24.3 Å². The molecule has 2 aromatic rings. The number of aliphatic hydroxyl groups is 2. The highest BCUT2D eigenvalue weighted by Crippen LogP contribution is 2.14. The monoisotopic (exact) mass is 470 g/mol. The molecular weight excluding hydrogens is 440 g/mol. The van der Waals surface area contributed by atoms with Gasteiger partial charge in [-0.15, -0.1) is 0 Å². The Bertz CT molecular complexity index is 839. The van der Waals surface area contributed by atoms with E-state index in [9.17, 15) is 9.59 Å². The Morgan fingerprint density at radius 2 is 1.00 bits per heavy atom. The lowest BCUT2D eigenvalue weighted by Gasteiger charge is -2.04. The van der Waals surface area contributed by atoms with Crippen molar-refractivity contribution in [2.45, 2.75) is 12.8 Å². The molecule has 0 atom stereocenters. The number of aliphatic hydroxyl groups excluding tert-OH is 2. The summed E-state index contributed by atoms with van der Waals surface area (Å²) in [6.45, 7) is 0.827. The van der Waals surface area contributed by atoms with Crippen LogP contribution in [0.1, 0.15) is 24.0 Å². The molecule has 0 bridgehead atoms. The van der Waals surface area contributed by atoms with Crippen LogP contribution in [0.25, 0.3) is 12.2 Å². The van der Waals surface area contributed by atoms with Gasteiger partial charge in [0, 0.05) is 12.2 Å². The van der Waals surface area contributed by atoms with Gasteiger partial charge in [0.25, 0.3) is 0 Å². The van der Waals surface area contributed by atoms with E-state index >= 15 is 0 Å². The number of ether oxygens (including phenoxy) is 4. The second-order valence-electron chi connectivity index (χ2n) is 6.99. The average Bonchev–Trinajstić information content (AvgIpc) is 2.87. The lowest BCUT2D eigenvalue weighted by molar-refractivity contribution is -0.140. The van der Waals surface area contributed by atoms with E-state index in [-0.39, 0.29) is 39.6 Å². The van der Waals surface area contributed by atoms with E-state index in [1.165, 1.54) is 12.2 Å². The summed E-state index contributed by atoms with van der Waals surface area (Å²) in [7, 11) is 0. The average molecular weight is 471 g/mol. The first kappa shape index (κ1) is 26.6. The van der Waals surface area contributed by atoms with Crippen molar-refractivity contribution < 1.29 is 38.7 Å². The zero-order valence-electron chi connectivity index (χ0n) is 18.9. The van der Waals surface area contributed by atoms with Gasteiger partial charge in [-0.2, -0.15) is 0 Å². The number of rotatable bonds is 15. The van der Waals surface area contributed by atoms with Gasteiger partial charge < -0.3 is 29.2 Å². The van der Waals surface area contributed by atoms with Gasteiger partial charge in [-0.25, -0.2) is 9.59 Å². The molecule has 2 aromatic carbocycles. The van der Waals surface area contributed by atoms with Crippen molar-refractivity contribution in [3.05, 3.63) is 71.8 Å². The molecule has 0 heterocycles. The summed E-state index contributed by atoms with van der Waals surface area (Å²) in [5.41, 5.74) is 1.64. The van der Waals surface area contributed by atoms with E-state index in [1.54, 1.807) is 60.7 Å². The highest BCUT2D eigenvalue weighted by atomic mass is 16.5. The third kappa shape index (κ3) is 11.3. The molecule has 8 nitrogen and oxygen atoms in total. The van der Waals surface area contributed by atoms with Crippen LogP contribution in [-0.4, -0.2) is 61.8 Å². The quantitative estimate of drug-likeness (QED) is 0.232. The number of benzene rings is 2. The van der Waals surface area contributed by atoms with Gasteiger partial charge in [0.05, 0.1) is 26.4 Å². The largest absolute Gasteiger partial charge is 0.491 e. The molecule has 8 heteroatoms. The third-order valence-electron chi connectivity index (χ3n) is 4.33. The predicted molar refractivity (Wildman–Crippen MR) is 127 cm³/mol. The number of unbranched alkanes of at least 4 members (excludes halogenated alkanes) is 1. The van der Waals surface area contributed by atoms with Crippen LogP contribution in [0.15, 0.2) is 60.7 Å². The number of hydrogen-bond acceptors (Lipinski definition) is 8. The van der Waals surface area contributed by atoms with E-state index in [0.717, 1.165) is 11.1 Å². The van der Waals surface area contributed by atoms with Gasteiger partial charge in [0.15, 0.2) is 0 Å². The van der Waals surface area contributed by atoms with Crippen molar-refractivity contribution in [2.24, 2.45) is 0 Å². The second kappa shape index (κ2) is 16.1. The van der Waals surface area contributed by atoms with Gasteiger partial charge in [-0.05, 0) is 60.4 Å². The highest BCUT2D eigenvalue weighted by Gasteiger charge is 2.01. The van der Waals surface area contributed by atoms with Crippen molar-refractivity contribution in [1.29, 1.82) is 0 Å². The molecule has 2 N–H and O–H groups in total. The molecule has 0 saturated carbocycles. The maximum atomic E-state index is 11.8. The molecule has 0 aliphatic carbocycles. The van der Waals surface area contributed by atoms with Crippen LogP contribution in [0.2, 0.25) is 0 Å². The first-order valence-electron chi connectivity index (χ1n) is 11.0. The van der Waals surface area contributed by atoms with Crippen molar-refractivity contribution in [3.8, 4) is 11.5 Å². The van der Waals surface area contributed by atoms with Gasteiger partial charge in [0.1, 0.15) is 24.7 Å². The van der Waals surface area contributed by atoms with E-state index in [2.05, 4.69) is 0 Å². The Hall–Kier alpha value is -3.62. The van der Waals surface area contributed by atoms with Gasteiger partial charge >= 0.3 is 11.9 Å². The van der Waals surface area contributed by atoms with Crippen molar-refractivity contribution in [1.82, 2.24) is 0 Å². The molecule has 2 rings (SSSR count). The Morgan fingerprint density at radius 3 is 1.35 bits per heavy atom. The maximum Gasteiger partial charge on any atom is 0.330 e. The normalized spacial score (nSPS) is 11.0. The Morgan fingerprint density at radius 1 is 0.618 bits per heavy atom. The van der Waals surface area contributed by atoms with Gasteiger partial charge in [0.2, 0.25) is 0 Å². The van der Waals surface area contributed by atoms with Gasteiger partial charge in [-0.3, -0.25) is 0 Å². The predicted octanol–water partition coefficient (Wildman–Crippen LogP) is 3.02. The van der Waals surface area contributed by atoms with Crippen molar-refractivity contribution >= 4 is 24.1 Å². The third-order valence-corrected chi connectivity index (χ3v) is 4.33. The molecule has 0 fully saturated rings. The minimum atomic E-state index is -0.451. The molecule has 0 spiro atoms. The van der Waals surface area contributed by atoms with Crippen molar-refractivity contribution in [3.63, 3.8) is 0 Å². The van der Waals surface area contributed by atoms with Crippen LogP contribution in [0.3, 0.4) is 0 Å². The molecule has 0 amide bonds. The van der Waals surface area contributed by atoms with E-state index in [4.69, 9.17) is 29.2 Å². The molecule has 0 aliphatic rings. The zero-order chi connectivity index (χ0) is 24.4. The summed E-state index contributed by atoms with van der Waals surface area (Å²) in [6, 6.07) is 14.2. The Labute approximate surface area is 199 Å². The number of esters is 2. The summed E-state index contributed by atoms with van der Waals surface area (Å²) < 4.78 is 20.8. The Kier molecular flexibility index (Phi) is 12.6. The van der Waals surface area contributed by atoms with Crippen LogP contribution in [0.5, 0.6) is 11.5 Å². The van der Waals surface area contributed by atoms with Crippen LogP contribution in [0.4, 0.5) is 0 Å². The second-order valence-corrected chi connectivity index (χ2v) is 6.99. The minimum Gasteiger partial charge on any atom is -0.491 e. The molecule has 34 heavy (non-hydrogen) atoms. The summed E-state index contributed by atoms with van der Waals surface area (Å²) in [5.74, 6) is 0.384. The summed E-state index contributed by atoms with van der Waals surface area (Å²) in [5, 5.41) is 17.5. The first-order chi connectivity index (χ1) is 16.6. The lowest BCUT2D eigenvalue weighted by Crippen LogP contribution is -2.06. The molecule has 0 saturated heterocycles. The SMILES string of the molecule is O=C(/C=C/c1ccc(OCCO)cc1)OCCCCOC(=O)/C=C/c1ccc(OCCO)cc1. The molecule has 0 radical (unpaired) electrons. The summed E-state index contributed by atoms with van der Waals surface area (Å²) >= 11 is 0. The van der Waals surface area contributed by atoms with E-state index in [1.807, 2.05) is 0 Å². The summed E-state index contributed by atoms with van der Waals surface area (Å²) in [4.78, 5) is 23.6. The molecule has 0 unspecified atom stereocenters. The summed E-state index contributed by atoms with van der Waals surface area (Å²) in [6.07, 6.45) is 7.12. The van der Waals surface area contributed by atoms with Crippen LogP contribution >= 0.6 is 0 Å². The fourth-order valence-electron chi connectivity index (χ4n) is 2.65. The van der Waals surface area contributed by atoms with Crippen molar-refractivity contribution in [2.75, 3.05) is 39.6 Å². The standard InChI is InChI=1S/C26H30O8/c27-15-19-31-23-9-3-21(4-10-23)7-13-25(29)33-17-1-2-18-34-26(30)14-8-22-5-11-24(12-6-22)32-20-16-28/h3-14,27-28H,1-2,15-20H2/b13-7+,14-8+. The van der Waals surface area contributed by atoms with E-state index < -0.39 is 11.9 Å². The molecule has 182 valence electrons. The number of carbonyl (C=O) groups is 2. The smallest absolute Gasteiger partial charge is 0.330 e. The zero-order valence-corrected chi connectivity index (χ0v) is 18.9. The highest BCUT2D eigenvalue weighted by molar-refractivity contribution is 5.87. The molecule has 0 aliphatic heterocycles. The Balaban J connectivity index is 1.56. The molecule has 0 aromatic heterocycles. The fraction of sp³-hybridized carbons (Fsp3) is 0.308. The van der Waals surface area contributed by atoms with Crippen LogP contribution in [-0.2, 0) is 19.1 Å². The number of hydrogen-bond donors (Lipinski definition) is 2.